The van der Waals surface area contributed by atoms with Crippen LogP contribution in [0.4, 0.5) is 17.1 Å². The number of anilines is 1. The Kier molecular flexibility index (Phi) is 4.13. The smallest absolute Gasteiger partial charge is 0.316 e. The Labute approximate surface area is 146 Å². The van der Waals surface area contributed by atoms with Gasteiger partial charge in [0.2, 0.25) is 5.91 Å². The highest BCUT2D eigenvalue weighted by atomic mass is 35.5. The maximum atomic E-state index is 11.8. The van der Waals surface area contributed by atoms with Crippen molar-refractivity contribution < 1.29 is 9.72 Å². The van der Waals surface area contributed by atoms with E-state index in [0.717, 1.165) is 0 Å². The molecule has 1 aliphatic heterocycles. The van der Waals surface area contributed by atoms with Crippen LogP contribution in [-0.2, 0) is 4.79 Å². The van der Waals surface area contributed by atoms with Gasteiger partial charge in [-0.1, -0.05) is 53.5 Å². The zero-order valence-corrected chi connectivity index (χ0v) is 13.5. The lowest BCUT2D eigenvalue weighted by molar-refractivity contribution is -0.383. The van der Waals surface area contributed by atoms with Crippen molar-refractivity contribution in [1.82, 2.24) is 0 Å². The number of nitrogens with one attached hydrogen (secondary N) is 1. The summed E-state index contributed by atoms with van der Waals surface area (Å²) in [6.45, 7) is 0. The summed E-state index contributed by atoms with van der Waals surface area (Å²) in [7, 11) is 0. The van der Waals surface area contributed by atoms with Crippen LogP contribution in [-0.4, -0.2) is 22.6 Å². The standard InChI is InChI=1S/C15H10Cl2N4O3/c16-8-6-9-12(14(10(8)17)21(23)24)20-11(13(19-9)15(18)22)7-4-2-1-3-5-7/h1-6,13,19H,(H2,18,22). The molecule has 0 aliphatic carbocycles. The van der Waals surface area contributed by atoms with Crippen LogP contribution < -0.4 is 11.1 Å². The second-order valence-corrected chi connectivity index (χ2v) is 5.80. The van der Waals surface area contributed by atoms with Gasteiger partial charge in [-0.3, -0.25) is 14.9 Å². The molecular weight excluding hydrogens is 355 g/mol. The highest BCUT2D eigenvalue weighted by Gasteiger charge is 2.34. The number of nitro benzene ring substituents is 1. The number of hydrogen-bond donors (Lipinski definition) is 2. The van der Waals surface area contributed by atoms with Crippen molar-refractivity contribution in [2.75, 3.05) is 5.32 Å². The molecule has 1 atom stereocenters. The molecule has 0 fully saturated rings. The number of primary amides is 1. The molecular formula is C15H10Cl2N4O3. The second kappa shape index (κ2) is 6.10. The predicted octanol–water partition coefficient (Wildman–Crippen LogP) is 3.30. The quantitative estimate of drug-likeness (QED) is 0.642. The average molecular weight is 365 g/mol. The lowest BCUT2D eigenvalue weighted by Gasteiger charge is -2.25. The summed E-state index contributed by atoms with van der Waals surface area (Å²) >= 11 is 11.9. The first-order chi connectivity index (χ1) is 11.4. The number of hydrogen-bond acceptors (Lipinski definition) is 5. The maximum absolute atomic E-state index is 11.8. The summed E-state index contributed by atoms with van der Waals surface area (Å²) in [5, 5.41) is 14.0. The van der Waals surface area contributed by atoms with Gasteiger partial charge in [-0.15, -0.1) is 0 Å². The number of benzene rings is 2. The molecule has 3 N–H and O–H groups in total. The molecule has 2 aromatic rings. The lowest BCUT2D eigenvalue weighted by Crippen LogP contribution is -2.44. The molecule has 0 radical (unpaired) electrons. The zero-order chi connectivity index (χ0) is 17.4. The van der Waals surface area contributed by atoms with E-state index in [0.29, 0.717) is 5.56 Å². The lowest BCUT2D eigenvalue weighted by atomic mass is 9.99. The van der Waals surface area contributed by atoms with Crippen molar-refractivity contribution in [3.05, 3.63) is 62.1 Å². The van der Waals surface area contributed by atoms with Gasteiger partial charge < -0.3 is 11.1 Å². The molecule has 9 heteroatoms. The van der Waals surface area contributed by atoms with Crippen LogP contribution in [0.3, 0.4) is 0 Å². The Balaban J connectivity index is 2.29. The van der Waals surface area contributed by atoms with Crippen molar-refractivity contribution in [3.8, 4) is 0 Å². The van der Waals surface area contributed by atoms with Gasteiger partial charge in [-0.25, -0.2) is 4.99 Å². The van der Waals surface area contributed by atoms with E-state index >= 15 is 0 Å². The Morgan fingerprint density at radius 3 is 2.54 bits per heavy atom. The van der Waals surface area contributed by atoms with Gasteiger partial charge in [0.1, 0.15) is 11.1 Å². The Morgan fingerprint density at radius 2 is 1.96 bits per heavy atom. The monoisotopic (exact) mass is 364 g/mol. The van der Waals surface area contributed by atoms with Gasteiger partial charge in [-0.05, 0) is 11.6 Å². The number of nitrogens with zero attached hydrogens (tertiary/aromatic N) is 2. The minimum atomic E-state index is -0.947. The summed E-state index contributed by atoms with van der Waals surface area (Å²) in [6.07, 6.45) is 0. The van der Waals surface area contributed by atoms with Crippen molar-refractivity contribution >= 4 is 51.9 Å². The Bertz CT molecular complexity index is 884. The maximum Gasteiger partial charge on any atom is 0.316 e. The van der Waals surface area contributed by atoms with E-state index in [-0.39, 0.29) is 27.1 Å². The molecule has 1 unspecified atom stereocenters. The summed E-state index contributed by atoms with van der Waals surface area (Å²) in [5.41, 5.74) is 6.13. The largest absolute Gasteiger partial charge is 0.368 e. The van der Waals surface area contributed by atoms with Crippen molar-refractivity contribution in [3.63, 3.8) is 0 Å². The first kappa shape index (κ1) is 16.2. The molecule has 2 aromatic carbocycles. The normalized spacial score (nSPS) is 15.9. The third-order valence-electron chi connectivity index (χ3n) is 3.51. The van der Waals surface area contributed by atoms with Crippen LogP contribution in [0.25, 0.3) is 0 Å². The van der Waals surface area contributed by atoms with Crippen LogP contribution in [0, 0.1) is 10.1 Å². The Morgan fingerprint density at radius 1 is 1.29 bits per heavy atom. The summed E-state index contributed by atoms with van der Waals surface area (Å²) in [5.74, 6) is -0.669. The number of halogens is 2. The molecule has 0 aromatic heterocycles. The Hall–Kier alpha value is -2.64. The molecule has 1 heterocycles. The van der Waals surface area contributed by atoms with E-state index in [4.69, 9.17) is 28.9 Å². The van der Waals surface area contributed by atoms with E-state index < -0.39 is 22.6 Å². The number of aliphatic imine (C=N–C) groups is 1. The number of fused-ring (bicyclic) bond motifs is 1. The van der Waals surface area contributed by atoms with Crippen LogP contribution in [0.15, 0.2) is 41.4 Å². The highest BCUT2D eigenvalue weighted by Crippen LogP contribution is 2.47. The third kappa shape index (κ3) is 2.68. The van der Waals surface area contributed by atoms with E-state index in [1.807, 2.05) is 0 Å². The highest BCUT2D eigenvalue weighted by molar-refractivity contribution is 6.44. The van der Waals surface area contributed by atoms with E-state index in [1.165, 1.54) is 6.07 Å². The molecule has 1 aliphatic rings. The van der Waals surface area contributed by atoms with Gasteiger partial charge in [0.25, 0.3) is 0 Å². The van der Waals surface area contributed by atoms with Crippen LogP contribution >= 0.6 is 23.2 Å². The second-order valence-electron chi connectivity index (χ2n) is 5.02. The number of carbonyl (C=O) groups excluding carboxylic acids is 1. The van der Waals surface area contributed by atoms with Crippen molar-refractivity contribution in [2.24, 2.45) is 10.7 Å². The van der Waals surface area contributed by atoms with E-state index in [9.17, 15) is 14.9 Å². The minimum absolute atomic E-state index is 0.00533. The third-order valence-corrected chi connectivity index (χ3v) is 4.29. The van der Waals surface area contributed by atoms with Crippen LogP contribution in [0.1, 0.15) is 5.56 Å². The predicted molar refractivity (Wildman–Crippen MR) is 92.4 cm³/mol. The number of nitrogens with two attached hydrogens (primary N) is 1. The first-order valence-electron chi connectivity index (χ1n) is 6.76. The molecule has 122 valence electrons. The molecule has 1 amide bonds. The first-order valence-corrected chi connectivity index (χ1v) is 7.52. The molecule has 0 saturated carbocycles. The molecule has 3 rings (SSSR count). The van der Waals surface area contributed by atoms with Crippen molar-refractivity contribution in [2.45, 2.75) is 6.04 Å². The molecule has 24 heavy (non-hydrogen) atoms. The van der Waals surface area contributed by atoms with Gasteiger partial charge in [-0.2, -0.15) is 0 Å². The zero-order valence-electron chi connectivity index (χ0n) is 12.0. The SMILES string of the molecule is NC(=O)C1Nc2cc(Cl)c(Cl)c([N+](=O)[O-])c2N=C1c1ccccc1. The minimum Gasteiger partial charge on any atom is -0.368 e. The van der Waals surface area contributed by atoms with Crippen LogP contribution in [0.2, 0.25) is 10.0 Å². The molecule has 7 nitrogen and oxygen atoms in total. The number of rotatable bonds is 3. The number of amides is 1. The summed E-state index contributed by atoms with van der Waals surface area (Å²) < 4.78 is 0. The van der Waals surface area contributed by atoms with Gasteiger partial charge >= 0.3 is 5.69 Å². The number of nitro groups is 1. The molecule has 0 spiro atoms. The van der Waals surface area contributed by atoms with Crippen LogP contribution in [0.5, 0.6) is 0 Å². The average Bonchev–Trinajstić information content (AvgIpc) is 2.55. The molecule has 0 saturated heterocycles. The fourth-order valence-corrected chi connectivity index (χ4v) is 2.86. The van der Waals surface area contributed by atoms with E-state index in [1.54, 1.807) is 30.3 Å². The number of carbonyl (C=O) groups is 1. The fourth-order valence-electron chi connectivity index (χ4n) is 2.45. The van der Waals surface area contributed by atoms with E-state index in [2.05, 4.69) is 10.3 Å². The van der Waals surface area contributed by atoms with Gasteiger partial charge in [0, 0.05) is 0 Å². The fraction of sp³-hybridized carbons (Fsp3) is 0.0667. The summed E-state index contributed by atoms with van der Waals surface area (Å²) in [6, 6.07) is 9.20. The molecule has 0 bridgehead atoms. The topological polar surface area (TPSA) is 111 Å². The van der Waals surface area contributed by atoms with Crippen molar-refractivity contribution in [1.29, 1.82) is 0 Å². The van der Waals surface area contributed by atoms with Gasteiger partial charge in [0.15, 0.2) is 5.69 Å². The summed E-state index contributed by atoms with van der Waals surface area (Å²) in [4.78, 5) is 26.8. The van der Waals surface area contributed by atoms with Gasteiger partial charge in [0.05, 0.1) is 21.3 Å².